The topological polar surface area (TPSA) is 54.1 Å². The molecule has 1 aromatic heterocycles. The number of benzene rings is 3. The Hall–Kier alpha value is -3.53. The van der Waals surface area contributed by atoms with Crippen molar-refractivity contribution >= 4 is 16.8 Å². The maximum atomic E-state index is 12.5. The average molecular weight is 399 g/mol. The van der Waals surface area contributed by atoms with Crippen molar-refractivity contribution in [3.8, 4) is 5.75 Å². The Balaban J connectivity index is 1.91. The zero-order valence-electron chi connectivity index (χ0n) is 17.3. The molecule has 2 N–H and O–H groups in total. The minimum atomic E-state index is -0.673. The van der Waals surface area contributed by atoms with Crippen molar-refractivity contribution in [2.24, 2.45) is 0 Å². The van der Waals surface area contributed by atoms with E-state index in [4.69, 9.17) is 4.74 Å². The molecule has 1 atom stereocenters. The summed E-state index contributed by atoms with van der Waals surface area (Å²) in [6, 6.07) is 26.6. The highest BCUT2D eigenvalue weighted by atomic mass is 16.5. The largest absolute Gasteiger partial charge is 0.495 e. The number of carbonyl (C=O) groups is 1. The summed E-state index contributed by atoms with van der Waals surface area (Å²) in [6.45, 7) is 1.58. The van der Waals surface area contributed by atoms with Gasteiger partial charge in [0.1, 0.15) is 5.75 Å². The van der Waals surface area contributed by atoms with Crippen molar-refractivity contribution < 1.29 is 9.53 Å². The normalized spacial score (nSPS) is 13.0. The van der Waals surface area contributed by atoms with Gasteiger partial charge < -0.3 is 15.0 Å². The van der Waals surface area contributed by atoms with E-state index in [9.17, 15) is 4.79 Å². The molecule has 0 bridgehead atoms. The quantitative estimate of drug-likeness (QED) is 0.450. The molecule has 3 aromatic carbocycles. The lowest BCUT2D eigenvalue weighted by molar-refractivity contribution is -0.120. The molecule has 0 aliphatic rings. The van der Waals surface area contributed by atoms with Crippen LogP contribution in [0.3, 0.4) is 0 Å². The fraction of sp³-hybridized carbons (Fsp3) is 0.192. The second-order valence-electron chi connectivity index (χ2n) is 7.52. The molecule has 4 heteroatoms. The highest BCUT2D eigenvalue weighted by Gasteiger charge is 2.37. The zero-order valence-corrected chi connectivity index (χ0v) is 17.3. The molecule has 0 saturated carbocycles. The molecule has 0 radical (unpaired) electrons. The number of methoxy groups -OCH3 is 1. The van der Waals surface area contributed by atoms with Crippen LogP contribution in [0.15, 0.2) is 85.1 Å². The number of aryl methyl sites for hydroxylation is 1. The highest BCUT2D eigenvalue weighted by Crippen LogP contribution is 2.40. The molecule has 4 rings (SSSR count). The lowest BCUT2D eigenvalue weighted by Gasteiger charge is -2.35. The van der Waals surface area contributed by atoms with Crippen molar-refractivity contribution in [1.82, 2.24) is 10.3 Å². The SMILES string of the molecule is COc1cccc2c([C@](CCc3ccccc3)(NC(C)=O)c3ccccc3)c[nH]c12. The second-order valence-corrected chi connectivity index (χ2v) is 7.52. The molecule has 0 aliphatic carbocycles. The van der Waals surface area contributed by atoms with Crippen LogP contribution in [0, 0.1) is 0 Å². The summed E-state index contributed by atoms with van der Waals surface area (Å²) >= 11 is 0. The van der Waals surface area contributed by atoms with Gasteiger partial charge in [0.15, 0.2) is 0 Å². The Morgan fingerprint density at radius 2 is 1.67 bits per heavy atom. The number of aromatic nitrogens is 1. The van der Waals surface area contributed by atoms with Crippen LogP contribution < -0.4 is 10.1 Å². The van der Waals surface area contributed by atoms with Gasteiger partial charge in [0.25, 0.3) is 0 Å². The molecule has 1 heterocycles. The van der Waals surface area contributed by atoms with Crippen LogP contribution in [0.25, 0.3) is 10.9 Å². The number of hydrogen-bond donors (Lipinski definition) is 2. The van der Waals surface area contributed by atoms with Gasteiger partial charge in [-0.05, 0) is 30.0 Å². The number of amides is 1. The summed E-state index contributed by atoms with van der Waals surface area (Å²) in [5, 5.41) is 4.35. The monoisotopic (exact) mass is 398 g/mol. The van der Waals surface area contributed by atoms with Crippen LogP contribution in [-0.2, 0) is 16.8 Å². The smallest absolute Gasteiger partial charge is 0.217 e. The van der Waals surface area contributed by atoms with E-state index in [1.807, 2.05) is 42.6 Å². The summed E-state index contributed by atoms with van der Waals surface area (Å²) in [5.41, 5.74) is 3.59. The molecule has 30 heavy (non-hydrogen) atoms. The molecule has 4 nitrogen and oxygen atoms in total. The molecular formula is C26H26N2O2. The van der Waals surface area contributed by atoms with E-state index in [0.717, 1.165) is 40.6 Å². The molecule has 0 fully saturated rings. The summed E-state index contributed by atoms with van der Waals surface area (Å²) in [6.07, 6.45) is 3.55. The highest BCUT2D eigenvalue weighted by molar-refractivity contribution is 5.90. The van der Waals surface area contributed by atoms with Gasteiger partial charge in [-0.15, -0.1) is 0 Å². The third kappa shape index (κ3) is 3.69. The first kappa shape index (κ1) is 19.8. The number of para-hydroxylation sites is 1. The first-order chi connectivity index (χ1) is 14.6. The molecule has 0 spiro atoms. The van der Waals surface area contributed by atoms with Gasteiger partial charge in [0.2, 0.25) is 5.91 Å². The summed E-state index contributed by atoms with van der Waals surface area (Å²) in [7, 11) is 1.67. The van der Waals surface area contributed by atoms with Gasteiger partial charge >= 0.3 is 0 Å². The fourth-order valence-electron chi connectivity index (χ4n) is 4.29. The lowest BCUT2D eigenvalue weighted by atomic mass is 9.78. The number of rotatable bonds is 7. The minimum Gasteiger partial charge on any atom is -0.495 e. The first-order valence-electron chi connectivity index (χ1n) is 10.2. The number of fused-ring (bicyclic) bond motifs is 1. The van der Waals surface area contributed by atoms with Crippen molar-refractivity contribution in [2.45, 2.75) is 25.3 Å². The Bertz CT molecular complexity index is 1140. The van der Waals surface area contributed by atoms with E-state index in [-0.39, 0.29) is 5.91 Å². The number of carbonyl (C=O) groups excluding carboxylic acids is 1. The van der Waals surface area contributed by atoms with Crippen molar-refractivity contribution in [3.63, 3.8) is 0 Å². The molecule has 0 saturated heterocycles. The molecule has 0 aliphatic heterocycles. The fourth-order valence-corrected chi connectivity index (χ4v) is 4.29. The van der Waals surface area contributed by atoms with E-state index in [0.29, 0.717) is 0 Å². The van der Waals surface area contributed by atoms with E-state index in [1.54, 1.807) is 14.0 Å². The number of H-pyrrole nitrogens is 1. The van der Waals surface area contributed by atoms with E-state index < -0.39 is 5.54 Å². The maximum Gasteiger partial charge on any atom is 0.217 e. The summed E-state index contributed by atoms with van der Waals surface area (Å²) in [4.78, 5) is 15.8. The molecular weight excluding hydrogens is 372 g/mol. The van der Waals surface area contributed by atoms with Crippen LogP contribution >= 0.6 is 0 Å². The van der Waals surface area contributed by atoms with Gasteiger partial charge in [-0.3, -0.25) is 4.79 Å². The number of ether oxygens (including phenoxy) is 1. The van der Waals surface area contributed by atoms with Gasteiger partial charge in [-0.2, -0.15) is 0 Å². The van der Waals surface area contributed by atoms with Crippen molar-refractivity contribution in [2.75, 3.05) is 7.11 Å². The van der Waals surface area contributed by atoms with E-state index in [1.165, 1.54) is 5.56 Å². The zero-order chi connectivity index (χ0) is 21.0. The Morgan fingerprint density at radius 3 is 2.33 bits per heavy atom. The van der Waals surface area contributed by atoms with Gasteiger partial charge in [-0.1, -0.05) is 72.8 Å². The number of hydrogen-bond acceptors (Lipinski definition) is 2. The third-order valence-electron chi connectivity index (χ3n) is 5.64. The standard InChI is InChI=1S/C26H26N2O2/c1-19(29)28-26(21-12-7-4-8-13-21,17-16-20-10-5-3-6-11-20)23-18-27-25-22(23)14-9-15-24(25)30-2/h3-15,18,27H,16-17H2,1-2H3,(H,28,29)/t26-/m1/s1. The maximum absolute atomic E-state index is 12.5. The predicted octanol–water partition coefficient (Wildman–Crippen LogP) is 5.19. The van der Waals surface area contributed by atoms with Gasteiger partial charge in [-0.25, -0.2) is 0 Å². The van der Waals surface area contributed by atoms with Crippen LogP contribution in [0.2, 0.25) is 0 Å². The van der Waals surface area contributed by atoms with Crippen LogP contribution in [0.1, 0.15) is 30.0 Å². The summed E-state index contributed by atoms with van der Waals surface area (Å²) in [5.74, 6) is 0.718. The molecule has 4 aromatic rings. The molecule has 1 amide bonds. The van der Waals surface area contributed by atoms with Crippen LogP contribution in [-0.4, -0.2) is 18.0 Å². The third-order valence-corrected chi connectivity index (χ3v) is 5.64. The van der Waals surface area contributed by atoms with E-state index in [2.05, 4.69) is 52.8 Å². The number of aromatic amines is 1. The Labute approximate surface area is 176 Å². The minimum absolute atomic E-state index is 0.0656. The van der Waals surface area contributed by atoms with Crippen molar-refractivity contribution in [1.29, 1.82) is 0 Å². The van der Waals surface area contributed by atoms with Gasteiger partial charge in [0, 0.05) is 24.1 Å². The van der Waals surface area contributed by atoms with Crippen LogP contribution in [0.5, 0.6) is 5.75 Å². The lowest BCUT2D eigenvalue weighted by Crippen LogP contribution is -2.46. The summed E-state index contributed by atoms with van der Waals surface area (Å²) < 4.78 is 5.55. The molecule has 152 valence electrons. The molecule has 0 unspecified atom stereocenters. The second kappa shape index (κ2) is 8.46. The number of nitrogens with one attached hydrogen (secondary N) is 2. The first-order valence-corrected chi connectivity index (χ1v) is 10.2. The van der Waals surface area contributed by atoms with E-state index >= 15 is 0 Å². The van der Waals surface area contributed by atoms with Gasteiger partial charge in [0.05, 0.1) is 18.2 Å². The van der Waals surface area contributed by atoms with Crippen molar-refractivity contribution in [3.05, 3.63) is 102 Å². The Kier molecular flexibility index (Phi) is 5.57. The Morgan fingerprint density at radius 1 is 0.967 bits per heavy atom. The average Bonchev–Trinajstić information content (AvgIpc) is 3.22. The predicted molar refractivity (Wildman–Crippen MR) is 121 cm³/mol. The van der Waals surface area contributed by atoms with Crippen LogP contribution in [0.4, 0.5) is 0 Å².